The molecule has 9 heteroatoms. The van der Waals surface area contributed by atoms with Gasteiger partial charge in [-0.15, -0.1) is 0 Å². The fourth-order valence-corrected chi connectivity index (χ4v) is 1.06. The third kappa shape index (κ3) is 5.95. The Morgan fingerprint density at radius 3 is 2.18 bits per heavy atom. The van der Waals surface area contributed by atoms with Crippen molar-refractivity contribution in [2.45, 2.75) is 19.1 Å². The number of hydrazine groups is 1. The standard InChI is InChI=1S/C8H14F3N3O3/c1-5(12-7(16)17)6(15)14(3)13(2)4-8(9,10)11/h5,12H,4H2,1-3H3,(H,16,17). The van der Waals surface area contributed by atoms with Gasteiger partial charge in [0.1, 0.15) is 12.6 Å². The normalized spacial score (nSPS) is 13.4. The number of carboxylic acid groups (broad SMARTS) is 1. The maximum absolute atomic E-state index is 12.1. The first-order valence-corrected chi connectivity index (χ1v) is 4.59. The number of hydrogen-bond acceptors (Lipinski definition) is 3. The van der Waals surface area contributed by atoms with Crippen molar-refractivity contribution in [1.29, 1.82) is 0 Å². The second-order valence-corrected chi connectivity index (χ2v) is 3.46. The van der Waals surface area contributed by atoms with Crippen LogP contribution < -0.4 is 5.32 Å². The molecule has 0 fully saturated rings. The molecule has 2 N–H and O–H groups in total. The van der Waals surface area contributed by atoms with Crippen LogP contribution in [-0.4, -0.2) is 60.0 Å². The van der Waals surface area contributed by atoms with Gasteiger partial charge in [-0.1, -0.05) is 0 Å². The summed E-state index contributed by atoms with van der Waals surface area (Å²) in [5.74, 6) is -0.779. The van der Waals surface area contributed by atoms with Gasteiger partial charge in [0.2, 0.25) is 0 Å². The molecule has 0 rings (SSSR count). The zero-order valence-electron chi connectivity index (χ0n) is 9.58. The molecule has 0 aliphatic heterocycles. The van der Waals surface area contributed by atoms with Crippen LogP contribution in [0.4, 0.5) is 18.0 Å². The van der Waals surface area contributed by atoms with E-state index in [1.165, 1.54) is 6.92 Å². The molecule has 0 saturated carbocycles. The van der Waals surface area contributed by atoms with Crippen LogP contribution in [0.15, 0.2) is 0 Å². The average molecular weight is 257 g/mol. The predicted octanol–water partition coefficient (Wildman–Crippen LogP) is 0.510. The fraction of sp³-hybridized carbons (Fsp3) is 0.750. The lowest BCUT2D eigenvalue weighted by molar-refractivity contribution is -0.179. The van der Waals surface area contributed by atoms with Crippen molar-refractivity contribution in [2.75, 3.05) is 20.6 Å². The highest BCUT2D eigenvalue weighted by Gasteiger charge is 2.32. The van der Waals surface area contributed by atoms with E-state index in [2.05, 4.69) is 0 Å². The topological polar surface area (TPSA) is 72.9 Å². The van der Waals surface area contributed by atoms with E-state index in [0.29, 0.717) is 10.0 Å². The van der Waals surface area contributed by atoms with Crippen LogP contribution in [0.5, 0.6) is 0 Å². The summed E-state index contributed by atoms with van der Waals surface area (Å²) >= 11 is 0. The third-order valence-corrected chi connectivity index (χ3v) is 1.95. The summed E-state index contributed by atoms with van der Waals surface area (Å²) in [5.41, 5.74) is 0. The summed E-state index contributed by atoms with van der Waals surface area (Å²) in [6.45, 7) is -0.0522. The molecular weight excluding hydrogens is 243 g/mol. The number of nitrogens with zero attached hydrogens (tertiary/aromatic N) is 2. The van der Waals surface area contributed by atoms with Gasteiger partial charge in [0.15, 0.2) is 0 Å². The molecule has 1 atom stereocenters. The largest absolute Gasteiger partial charge is 0.465 e. The maximum atomic E-state index is 12.1. The van der Waals surface area contributed by atoms with Gasteiger partial charge in [0.25, 0.3) is 5.91 Å². The fourth-order valence-electron chi connectivity index (χ4n) is 1.06. The first kappa shape index (κ1) is 15.5. The Balaban J connectivity index is 4.43. The lowest BCUT2D eigenvalue weighted by Gasteiger charge is -2.30. The second-order valence-electron chi connectivity index (χ2n) is 3.46. The number of nitrogens with one attached hydrogen (secondary N) is 1. The third-order valence-electron chi connectivity index (χ3n) is 1.95. The van der Waals surface area contributed by atoms with Crippen molar-refractivity contribution in [2.24, 2.45) is 0 Å². The van der Waals surface area contributed by atoms with Crippen molar-refractivity contribution in [3.63, 3.8) is 0 Å². The molecular formula is C8H14F3N3O3. The highest BCUT2D eigenvalue weighted by molar-refractivity contribution is 5.84. The van der Waals surface area contributed by atoms with Crippen molar-refractivity contribution in [3.8, 4) is 0 Å². The highest BCUT2D eigenvalue weighted by atomic mass is 19.4. The number of carbonyl (C=O) groups is 2. The Kier molecular flexibility index (Phi) is 5.20. The van der Waals surface area contributed by atoms with E-state index in [1.807, 2.05) is 5.32 Å². The van der Waals surface area contributed by atoms with Gasteiger partial charge >= 0.3 is 12.3 Å². The second kappa shape index (κ2) is 5.71. The molecule has 0 aromatic rings. The van der Waals surface area contributed by atoms with Crippen molar-refractivity contribution in [3.05, 3.63) is 0 Å². The molecule has 0 aliphatic carbocycles. The van der Waals surface area contributed by atoms with Gasteiger partial charge in [-0.2, -0.15) is 13.2 Å². The number of alkyl halides is 3. The average Bonchev–Trinajstić information content (AvgIpc) is 2.11. The van der Waals surface area contributed by atoms with Crippen LogP contribution in [0.2, 0.25) is 0 Å². The summed E-state index contributed by atoms with van der Waals surface area (Å²) in [6, 6.07) is -1.12. The van der Waals surface area contributed by atoms with Gasteiger partial charge in [-0.05, 0) is 6.92 Å². The molecule has 100 valence electrons. The Bertz CT molecular complexity index is 295. The molecule has 0 aliphatic rings. The summed E-state index contributed by atoms with van der Waals surface area (Å²) in [5, 5.41) is 11.6. The molecule has 0 aromatic heterocycles. The molecule has 2 amide bonds. The monoisotopic (exact) mass is 257 g/mol. The number of carbonyl (C=O) groups excluding carboxylic acids is 1. The van der Waals surface area contributed by atoms with Gasteiger partial charge in [0.05, 0.1) is 0 Å². The van der Waals surface area contributed by atoms with Crippen LogP contribution in [0.25, 0.3) is 0 Å². The quantitative estimate of drug-likeness (QED) is 0.720. The predicted molar refractivity (Wildman–Crippen MR) is 52.1 cm³/mol. The summed E-state index contributed by atoms with van der Waals surface area (Å²) in [7, 11) is 2.22. The van der Waals surface area contributed by atoms with Crippen LogP contribution in [-0.2, 0) is 4.79 Å². The highest BCUT2D eigenvalue weighted by Crippen LogP contribution is 2.16. The minimum atomic E-state index is -4.44. The molecule has 0 saturated heterocycles. The Labute approximate surface area is 95.9 Å². The lowest BCUT2D eigenvalue weighted by atomic mass is 10.3. The van der Waals surface area contributed by atoms with Gasteiger partial charge in [0, 0.05) is 14.1 Å². The molecule has 0 bridgehead atoms. The lowest BCUT2D eigenvalue weighted by Crippen LogP contribution is -2.52. The van der Waals surface area contributed by atoms with E-state index in [0.717, 1.165) is 14.1 Å². The van der Waals surface area contributed by atoms with Gasteiger partial charge in [-0.3, -0.25) is 9.80 Å². The van der Waals surface area contributed by atoms with E-state index in [-0.39, 0.29) is 0 Å². The van der Waals surface area contributed by atoms with E-state index in [1.54, 1.807) is 0 Å². The Morgan fingerprint density at radius 2 is 1.82 bits per heavy atom. The first-order valence-electron chi connectivity index (χ1n) is 4.59. The van der Waals surface area contributed by atoms with E-state index in [4.69, 9.17) is 5.11 Å². The Morgan fingerprint density at radius 1 is 1.35 bits per heavy atom. The zero-order chi connectivity index (χ0) is 13.8. The van der Waals surface area contributed by atoms with Gasteiger partial charge < -0.3 is 10.4 Å². The smallest absolute Gasteiger partial charge is 0.405 e. The van der Waals surface area contributed by atoms with Crippen LogP contribution >= 0.6 is 0 Å². The van der Waals surface area contributed by atoms with Crippen LogP contribution in [0, 0.1) is 0 Å². The van der Waals surface area contributed by atoms with E-state index >= 15 is 0 Å². The number of likely N-dealkylation sites (N-methyl/N-ethyl adjacent to an activating group) is 1. The SMILES string of the molecule is CC(NC(=O)O)C(=O)N(C)N(C)CC(F)(F)F. The molecule has 0 spiro atoms. The first-order chi connectivity index (χ1) is 7.54. The summed E-state index contributed by atoms with van der Waals surface area (Å²) < 4.78 is 36.2. The van der Waals surface area contributed by atoms with Gasteiger partial charge in [-0.25, -0.2) is 9.80 Å². The van der Waals surface area contributed by atoms with Crippen molar-refractivity contribution < 1.29 is 27.9 Å². The molecule has 0 aromatic carbocycles. The van der Waals surface area contributed by atoms with E-state index in [9.17, 15) is 22.8 Å². The molecule has 6 nitrogen and oxygen atoms in total. The molecule has 0 radical (unpaired) electrons. The molecule has 17 heavy (non-hydrogen) atoms. The van der Waals surface area contributed by atoms with Crippen molar-refractivity contribution >= 4 is 12.0 Å². The Hall–Kier alpha value is -1.51. The minimum absolute atomic E-state index is 0.655. The zero-order valence-corrected chi connectivity index (χ0v) is 9.58. The number of hydrogen-bond donors (Lipinski definition) is 2. The molecule has 1 unspecified atom stereocenters. The van der Waals surface area contributed by atoms with Crippen molar-refractivity contribution in [1.82, 2.24) is 15.3 Å². The number of halogens is 3. The summed E-state index contributed by atoms with van der Waals surface area (Å²) in [6.07, 6.45) is -5.86. The maximum Gasteiger partial charge on any atom is 0.405 e. The van der Waals surface area contributed by atoms with E-state index < -0.39 is 30.8 Å². The molecule has 0 heterocycles. The minimum Gasteiger partial charge on any atom is -0.465 e. The number of amides is 2. The number of rotatable bonds is 4. The van der Waals surface area contributed by atoms with Crippen LogP contribution in [0.1, 0.15) is 6.92 Å². The summed E-state index contributed by atoms with van der Waals surface area (Å²) in [4.78, 5) is 21.8. The van der Waals surface area contributed by atoms with Crippen LogP contribution in [0.3, 0.4) is 0 Å².